The molecule has 0 aliphatic heterocycles. The molecule has 1 atom stereocenters. The molecule has 0 aromatic rings. The van der Waals surface area contributed by atoms with Crippen molar-refractivity contribution in [1.82, 2.24) is 0 Å². The van der Waals surface area contributed by atoms with Gasteiger partial charge in [-0.3, -0.25) is 0 Å². The molecule has 0 fully saturated rings. The van der Waals surface area contributed by atoms with Crippen LogP contribution in [-0.2, 0) is 0 Å². The second-order valence-electron chi connectivity index (χ2n) is 3.13. The minimum absolute atomic E-state index is 0.332. The molecule has 1 unspecified atom stereocenters. The number of hydrogen-bond donors (Lipinski definition) is 1. The highest BCUT2D eigenvalue weighted by Crippen LogP contribution is 2.24. The first-order valence-electron chi connectivity index (χ1n) is 3.84. The van der Waals surface area contributed by atoms with Gasteiger partial charge >= 0.3 is 0 Å². The fourth-order valence-corrected chi connectivity index (χ4v) is 1.14. The molecule has 1 aliphatic rings. The van der Waals surface area contributed by atoms with Crippen LogP contribution in [0, 0.1) is 5.92 Å². The maximum absolute atomic E-state index is 9.35. The standard InChI is InChI=1S/C10H14O/c1-7(2)9-5-4-8(3)10(11)6-9/h4,6,9,11H,1,5H2,2-3H3. The topological polar surface area (TPSA) is 20.2 Å². The average molecular weight is 150 g/mol. The van der Waals surface area contributed by atoms with Crippen LogP contribution in [0.1, 0.15) is 20.3 Å². The SMILES string of the molecule is C=C(C)C1C=C(O)C(C)=CC1. The van der Waals surface area contributed by atoms with Crippen molar-refractivity contribution in [3.8, 4) is 0 Å². The summed E-state index contributed by atoms with van der Waals surface area (Å²) in [5.41, 5.74) is 2.09. The van der Waals surface area contributed by atoms with Crippen LogP contribution in [0.15, 0.2) is 35.6 Å². The van der Waals surface area contributed by atoms with Gasteiger partial charge in [0.05, 0.1) is 0 Å². The third kappa shape index (κ3) is 1.73. The molecule has 1 nitrogen and oxygen atoms in total. The molecule has 1 rings (SSSR count). The Bertz CT molecular complexity index is 233. The van der Waals surface area contributed by atoms with Crippen LogP contribution in [0.25, 0.3) is 0 Å². The molecule has 0 aromatic heterocycles. The second-order valence-corrected chi connectivity index (χ2v) is 3.13. The molecule has 0 bridgehead atoms. The highest BCUT2D eigenvalue weighted by atomic mass is 16.3. The Balaban J connectivity index is 2.77. The van der Waals surface area contributed by atoms with Gasteiger partial charge in [-0.15, -0.1) is 0 Å². The van der Waals surface area contributed by atoms with Crippen molar-refractivity contribution in [2.45, 2.75) is 20.3 Å². The summed E-state index contributed by atoms with van der Waals surface area (Å²) in [7, 11) is 0. The summed E-state index contributed by atoms with van der Waals surface area (Å²) in [5, 5.41) is 9.35. The minimum atomic E-state index is 0.332. The van der Waals surface area contributed by atoms with Crippen LogP contribution in [-0.4, -0.2) is 5.11 Å². The Morgan fingerprint density at radius 2 is 2.36 bits per heavy atom. The van der Waals surface area contributed by atoms with Gasteiger partial charge in [0.15, 0.2) is 0 Å². The summed E-state index contributed by atoms with van der Waals surface area (Å²) in [6.07, 6.45) is 4.90. The van der Waals surface area contributed by atoms with E-state index >= 15 is 0 Å². The van der Waals surface area contributed by atoms with Crippen LogP contribution < -0.4 is 0 Å². The lowest BCUT2D eigenvalue weighted by atomic mass is 9.91. The minimum Gasteiger partial charge on any atom is -0.508 e. The van der Waals surface area contributed by atoms with Gasteiger partial charge in [0.1, 0.15) is 5.76 Å². The molecule has 0 spiro atoms. The van der Waals surface area contributed by atoms with Crippen LogP contribution >= 0.6 is 0 Å². The zero-order chi connectivity index (χ0) is 8.43. The molecule has 0 heterocycles. The van der Waals surface area contributed by atoms with E-state index in [1.54, 1.807) is 0 Å². The number of aliphatic hydroxyl groups excluding tert-OH is 1. The van der Waals surface area contributed by atoms with Crippen molar-refractivity contribution in [3.05, 3.63) is 35.6 Å². The Morgan fingerprint density at radius 1 is 1.73 bits per heavy atom. The summed E-state index contributed by atoms with van der Waals surface area (Å²) in [4.78, 5) is 0. The number of aliphatic hydroxyl groups is 1. The zero-order valence-electron chi connectivity index (χ0n) is 7.09. The van der Waals surface area contributed by atoms with E-state index in [-0.39, 0.29) is 0 Å². The van der Waals surface area contributed by atoms with Gasteiger partial charge in [-0.25, -0.2) is 0 Å². The summed E-state index contributed by atoms with van der Waals surface area (Å²) in [6, 6.07) is 0. The molecule has 0 amide bonds. The normalized spacial score (nSPS) is 24.0. The van der Waals surface area contributed by atoms with Crippen molar-refractivity contribution in [3.63, 3.8) is 0 Å². The highest BCUT2D eigenvalue weighted by molar-refractivity contribution is 5.30. The van der Waals surface area contributed by atoms with E-state index in [1.807, 2.05) is 19.9 Å². The highest BCUT2D eigenvalue weighted by Gasteiger charge is 2.12. The second kappa shape index (κ2) is 2.95. The van der Waals surface area contributed by atoms with E-state index in [1.165, 1.54) is 0 Å². The van der Waals surface area contributed by atoms with E-state index < -0.39 is 0 Å². The molecule has 0 saturated carbocycles. The molecule has 1 heteroatoms. The predicted molar refractivity (Wildman–Crippen MR) is 47.4 cm³/mol. The number of allylic oxidation sites excluding steroid dienone is 4. The Morgan fingerprint density at radius 3 is 2.82 bits per heavy atom. The van der Waals surface area contributed by atoms with Gasteiger partial charge in [-0.05, 0) is 31.9 Å². The van der Waals surface area contributed by atoms with E-state index in [0.717, 1.165) is 17.6 Å². The van der Waals surface area contributed by atoms with Gasteiger partial charge in [0.2, 0.25) is 0 Å². The first-order chi connectivity index (χ1) is 5.11. The number of hydrogen-bond acceptors (Lipinski definition) is 1. The Hall–Kier alpha value is -0.980. The quantitative estimate of drug-likeness (QED) is 0.570. The van der Waals surface area contributed by atoms with Crippen LogP contribution in [0.4, 0.5) is 0 Å². The van der Waals surface area contributed by atoms with Gasteiger partial charge in [-0.1, -0.05) is 18.2 Å². The van der Waals surface area contributed by atoms with Crippen molar-refractivity contribution >= 4 is 0 Å². The monoisotopic (exact) mass is 150 g/mol. The third-order valence-electron chi connectivity index (χ3n) is 2.07. The van der Waals surface area contributed by atoms with E-state index in [0.29, 0.717) is 11.7 Å². The van der Waals surface area contributed by atoms with Gasteiger partial charge in [0.25, 0.3) is 0 Å². The Kier molecular flexibility index (Phi) is 2.18. The molecule has 0 aromatic carbocycles. The van der Waals surface area contributed by atoms with E-state index in [9.17, 15) is 5.11 Å². The molecular weight excluding hydrogens is 136 g/mol. The van der Waals surface area contributed by atoms with Crippen molar-refractivity contribution in [1.29, 1.82) is 0 Å². The third-order valence-corrected chi connectivity index (χ3v) is 2.07. The summed E-state index contributed by atoms with van der Waals surface area (Å²) >= 11 is 0. The first-order valence-corrected chi connectivity index (χ1v) is 3.84. The molecular formula is C10H14O. The Labute approximate surface area is 67.7 Å². The summed E-state index contributed by atoms with van der Waals surface area (Å²) in [6.45, 7) is 7.76. The predicted octanol–water partition coefficient (Wildman–Crippen LogP) is 2.97. The molecule has 11 heavy (non-hydrogen) atoms. The van der Waals surface area contributed by atoms with Crippen LogP contribution in [0.3, 0.4) is 0 Å². The van der Waals surface area contributed by atoms with E-state index in [4.69, 9.17) is 0 Å². The fraction of sp³-hybridized carbons (Fsp3) is 0.400. The number of rotatable bonds is 1. The summed E-state index contributed by atoms with van der Waals surface area (Å²) in [5.74, 6) is 0.739. The zero-order valence-corrected chi connectivity index (χ0v) is 7.09. The van der Waals surface area contributed by atoms with Crippen LogP contribution in [0.5, 0.6) is 0 Å². The van der Waals surface area contributed by atoms with Crippen molar-refractivity contribution in [2.75, 3.05) is 0 Å². The van der Waals surface area contributed by atoms with Gasteiger partial charge < -0.3 is 5.11 Å². The lowest BCUT2D eigenvalue weighted by molar-refractivity contribution is 0.411. The summed E-state index contributed by atoms with van der Waals surface area (Å²) < 4.78 is 0. The largest absolute Gasteiger partial charge is 0.508 e. The molecule has 1 aliphatic carbocycles. The lowest BCUT2D eigenvalue weighted by Gasteiger charge is -2.16. The fourth-order valence-electron chi connectivity index (χ4n) is 1.14. The van der Waals surface area contributed by atoms with Crippen molar-refractivity contribution in [2.24, 2.45) is 5.92 Å². The lowest BCUT2D eigenvalue weighted by Crippen LogP contribution is -2.03. The molecule has 60 valence electrons. The van der Waals surface area contributed by atoms with Gasteiger partial charge in [0, 0.05) is 5.92 Å². The van der Waals surface area contributed by atoms with Crippen LogP contribution in [0.2, 0.25) is 0 Å². The van der Waals surface area contributed by atoms with E-state index in [2.05, 4.69) is 12.7 Å². The van der Waals surface area contributed by atoms with Crippen molar-refractivity contribution < 1.29 is 5.11 Å². The smallest absolute Gasteiger partial charge is 0.114 e. The molecule has 0 saturated heterocycles. The van der Waals surface area contributed by atoms with Gasteiger partial charge in [-0.2, -0.15) is 0 Å². The first kappa shape index (κ1) is 8.12. The maximum atomic E-state index is 9.35. The maximum Gasteiger partial charge on any atom is 0.114 e. The average Bonchev–Trinajstić information content (AvgIpc) is 1.94. The molecule has 0 radical (unpaired) electrons. The molecule has 1 N–H and O–H groups in total.